The summed E-state index contributed by atoms with van der Waals surface area (Å²) in [5.74, 6) is 0.0490. The Bertz CT molecular complexity index is 1260. The summed E-state index contributed by atoms with van der Waals surface area (Å²) in [5, 5.41) is 10.9. The highest BCUT2D eigenvalue weighted by Crippen LogP contribution is 2.23. The lowest BCUT2D eigenvalue weighted by atomic mass is 10.2. The molecule has 4 aromatic rings. The first kappa shape index (κ1) is 18.9. The fraction of sp³-hybridized carbons (Fsp3) is 0.150. The van der Waals surface area contributed by atoms with Gasteiger partial charge in [0, 0.05) is 6.92 Å². The largest absolute Gasteiger partial charge is 0.408 e. The maximum atomic E-state index is 13.2. The Labute approximate surface area is 170 Å². The molecule has 146 valence electrons. The summed E-state index contributed by atoms with van der Waals surface area (Å²) in [6.45, 7) is 3.56. The minimum absolute atomic E-state index is 0.0259. The molecule has 29 heavy (non-hydrogen) atoms. The van der Waals surface area contributed by atoms with Gasteiger partial charge in [-0.25, -0.2) is 4.98 Å². The number of nitrogens with zero attached hydrogens (tertiary/aromatic N) is 4. The van der Waals surface area contributed by atoms with Crippen LogP contribution < -0.4 is 10.9 Å². The van der Waals surface area contributed by atoms with Crippen molar-refractivity contribution in [1.82, 2.24) is 19.7 Å². The third-order valence-corrected chi connectivity index (χ3v) is 5.14. The zero-order valence-corrected chi connectivity index (χ0v) is 16.6. The molecule has 9 heteroatoms. The van der Waals surface area contributed by atoms with E-state index in [1.54, 1.807) is 29.7 Å². The zero-order chi connectivity index (χ0) is 20.4. The Kier molecular flexibility index (Phi) is 5.13. The molecule has 0 aliphatic rings. The first-order valence-electron chi connectivity index (χ1n) is 8.83. The molecule has 0 bridgehead atoms. The standard InChI is InChI=1S/C20H17N5O3S/c1-12-7-3-6-10-16(12)25-18(27)14-8-4-5-9-15(14)21-20(25)29-11-17(26)22-19-24-23-13(2)28-19/h3-10H,11H2,1-2H3,(H,22,24,26). The number of benzene rings is 2. The highest BCUT2D eigenvalue weighted by molar-refractivity contribution is 7.99. The van der Waals surface area contributed by atoms with Crippen LogP contribution in [0.15, 0.2) is 62.9 Å². The van der Waals surface area contributed by atoms with Crippen LogP contribution in [0, 0.1) is 13.8 Å². The molecule has 0 aliphatic heterocycles. The molecule has 0 fully saturated rings. The smallest absolute Gasteiger partial charge is 0.322 e. The Morgan fingerprint density at radius 2 is 1.86 bits per heavy atom. The summed E-state index contributed by atoms with van der Waals surface area (Å²) >= 11 is 1.16. The lowest BCUT2D eigenvalue weighted by Crippen LogP contribution is -2.23. The van der Waals surface area contributed by atoms with E-state index in [0.29, 0.717) is 22.0 Å². The van der Waals surface area contributed by atoms with Crippen molar-refractivity contribution < 1.29 is 9.21 Å². The number of amides is 1. The molecule has 4 rings (SSSR count). The molecule has 0 spiro atoms. The summed E-state index contributed by atoms with van der Waals surface area (Å²) < 4.78 is 6.71. The van der Waals surface area contributed by atoms with Crippen molar-refractivity contribution in [3.05, 3.63) is 70.3 Å². The van der Waals surface area contributed by atoms with Gasteiger partial charge in [0.15, 0.2) is 5.16 Å². The number of anilines is 1. The Hall–Kier alpha value is -3.46. The lowest BCUT2D eigenvalue weighted by molar-refractivity contribution is -0.113. The molecule has 0 saturated carbocycles. The van der Waals surface area contributed by atoms with E-state index < -0.39 is 0 Å². The zero-order valence-electron chi connectivity index (χ0n) is 15.7. The van der Waals surface area contributed by atoms with Crippen molar-refractivity contribution in [3.8, 4) is 5.69 Å². The quantitative estimate of drug-likeness (QED) is 0.400. The SMILES string of the molecule is Cc1nnc(NC(=O)CSc2nc3ccccc3c(=O)n2-c2ccccc2C)o1. The average Bonchev–Trinajstić information content (AvgIpc) is 3.12. The summed E-state index contributed by atoms with van der Waals surface area (Å²) in [6, 6.07) is 14.8. The number of fused-ring (bicyclic) bond motifs is 1. The number of nitrogens with one attached hydrogen (secondary N) is 1. The van der Waals surface area contributed by atoms with E-state index in [9.17, 15) is 9.59 Å². The molecule has 2 aromatic heterocycles. The van der Waals surface area contributed by atoms with Gasteiger partial charge in [-0.1, -0.05) is 47.2 Å². The van der Waals surface area contributed by atoms with Gasteiger partial charge in [-0.2, -0.15) is 0 Å². The second-order valence-electron chi connectivity index (χ2n) is 6.30. The van der Waals surface area contributed by atoms with E-state index in [1.807, 2.05) is 37.3 Å². The number of thioether (sulfide) groups is 1. The van der Waals surface area contributed by atoms with Gasteiger partial charge in [0.2, 0.25) is 11.8 Å². The molecule has 0 radical (unpaired) electrons. The van der Waals surface area contributed by atoms with E-state index >= 15 is 0 Å². The van der Waals surface area contributed by atoms with E-state index in [2.05, 4.69) is 20.5 Å². The van der Waals surface area contributed by atoms with E-state index in [1.165, 1.54) is 0 Å². The van der Waals surface area contributed by atoms with Crippen LogP contribution >= 0.6 is 11.8 Å². The monoisotopic (exact) mass is 407 g/mol. The van der Waals surface area contributed by atoms with Crippen LogP contribution in [-0.4, -0.2) is 31.4 Å². The van der Waals surface area contributed by atoms with Crippen molar-refractivity contribution in [3.63, 3.8) is 0 Å². The molecule has 0 unspecified atom stereocenters. The first-order chi connectivity index (χ1) is 14.0. The molecular formula is C20H17N5O3S. The Morgan fingerprint density at radius 3 is 2.62 bits per heavy atom. The van der Waals surface area contributed by atoms with Crippen LogP contribution in [0.5, 0.6) is 0 Å². The normalized spacial score (nSPS) is 11.0. The molecule has 0 saturated heterocycles. The minimum atomic E-state index is -0.336. The molecule has 8 nitrogen and oxygen atoms in total. The van der Waals surface area contributed by atoms with Gasteiger partial charge in [-0.3, -0.25) is 19.5 Å². The molecule has 2 heterocycles. The van der Waals surface area contributed by atoms with E-state index in [4.69, 9.17) is 4.42 Å². The number of carbonyl (C=O) groups is 1. The number of aromatic nitrogens is 4. The number of hydrogen-bond donors (Lipinski definition) is 1. The molecule has 2 aromatic carbocycles. The van der Waals surface area contributed by atoms with Crippen LogP contribution in [0.3, 0.4) is 0 Å². The summed E-state index contributed by atoms with van der Waals surface area (Å²) in [5.41, 5.74) is 2.06. The third kappa shape index (κ3) is 3.90. The van der Waals surface area contributed by atoms with E-state index in [-0.39, 0.29) is 23.2 Å². The molecular weight excluding hydrogens is 390 g/mol. The predicted octanol–water partition coefficient (Wildman–Crippen LogP) is 3.12. The first-order valence-corrected chi connectivity index (χ1v) is 9.82. The average molecular weight is 407 g/mol. The number of aryl methyl sites for hydroxylation is 2. The number of hydrogen-bond acceptors (Lipinski definition) is 7. The fourth-order valence-electron chi connectivity index (χ4n) is 2.87. The van der Waals surface area contributed by atoms with Crippen molar-refractivity contribution in [2.75, 3.05) is 11.1 Å². The number of rotatable bonds is 5. The highest BCUT2D eigenvalue weighted by atomic mass is 32.2. The van der Waals surface area contributed by atoms with Gasteiger partial charge in [0.1, 0.15) is 0 Å². The van der Waals surface area contributed by atoms with Gasteiger partial charge in [0.25, 0.3) is 5.56 Å². The van der Waals surface area contributed by atoms with Crippen LogP contribution in [-0.2, 0) is 4.79 Å². The van der Waals surface area contributed by atoms with Gasteiger partial charge < -0.3 is 4.42 Å². The van der Waals surface area contributed by atoms with Crippen LogP contribution in [0.1, 0.15) is 11.5 Å². The summed E-state index contributed by atoms with van der Waals surface area (Å²) in [7, 11) is 0. The molecule has 0 atom stereocenters. The van der Waals surface area contributed by atoms with Gasteiger partial charge in [-0.05, 0) is 30.7 Å². The topological polar surface area (TPSA) is 103 Å². The highest BCUT2D eigenvalue weighted by Gasteiger charge is 2.16. The van der Waals surface area contributed by atoms with Crippen molar-refractivity contribution in [1.29, 1.82) is 0 Å². The third-order valence-electron chi connectivity index (χ3n) is 4.21. The second-order valence-corrected chi connectivity index (χ2v) is 7.24. The predicted molar refractivity (Wildman–Crippen MR) is 110 cm³/mol. The Balaban J connectivity index is 1.71. The molecule has 1 N–H and O–H groups in total. The van der Waals surface area contributed by atoms with Crippen LogP contribution in [0.4, 0.5) is 6.01 Å². The van der Waals surface area contributed by atoms with Crippen LogP contribution in [0.2, 0.25) is 0 Å². The van der Waals surface area contributed by atoms with Gasteiger partial charge in [0.05, 0.1) is 22.3 Å². The van der Waals surface area contributed by atoms with E-state index in [0.717, 1.165) is 23.0 Å². The summed E-state index contributed by atoms with van der Waals surface area (Å²) in [4.78, 5) is 30.1. The maximum Gasteiger partial charge on any atom is 0.322 e. The van der Waals surface area contributed by atoms with Crippen molar-refractivity contribution in [2.24, 2.45) is 0 Å². The number of para-hydroxylation sites is 2. The van der Waals surface area contributed by atoms with Crippen molar-refractivity contribution >= 4 is 34.6 Å². The lowest BCUT2D eigenvalue weighted by Gasteiger charge is -2.14. The second kappa shape index (κ2) is 7.88. The minimum Gasteiger partial charge on any atom is -0.408 e. The van der Waals surface area contributed by atoms with Crippen molar-refractivity contribution in [2.45, 2.75) is 19.0 Å². The van der Waals surface area contributed by atoms with Crippen LogP contribution in [0.25, 0.3) is 16.6 Å². The van der Waals surface area contributed by atoms with Gasteiger partial charge in [-0.15, -0.1) is 5.10 Å². The molecule has 0 aliphatic carbocycles. The van der Waals surface area contributed by atoms with Gasteiger partial charge >= 0.3 is 6.01 Å². The fourth-order valence-corrected chi connectivity index (χ4v) is 3.67. The number of carbonyl (C=O) groups excluding carboxylic acids is 1. The maximum absolute atomic E-state index is 13.2. The molecule has 1 amide bonds. The Morgan fingerprint density at radius 1 is 1.10 bits per heavy atom. The summed E-state index contributed by atoms with van der Waals surface area (Å²) in [6.07, 6.45) is 0.